The molecule has 0 unspecified atom stereocenters. The van der Waals surface area contributed by atoms with Crippen LogP contribution in [0.4, 0.5) is 0 Å². The molecule has 16 heavy (non-hydrogen) atoms. The number of methoxy groups -OCH3 is 1. The van der Waals surface area contributed by atoms with Crippen molar-refractivity contribution in [3.8, 4) is 6.07 Å². The molecule has 0 aromatic heterocycles. The van der Waals surface area contributed by atoms with Crippen molar-refractivity contribution in [2.24, 2.45) is 0 Å². The number of hydrogen-bond donors (Lipinski definition) is 1. The Hall–Kier alpha value is -0.990. The van der Waals surface area contributed by atoms with Gasteiger partial charge in [0, 0.05) is 10.2 Å². The fourth-order valence-corrected chi connectivity index (χ4v) is 2.45. The first kappa shape index (κ1) is 13.1. The van der Waals surface area contributed by atoms with E-state index in [9.17, 15) is 4.79 Å². The Bertz CT molecular complexity index is 454. The third-order valence-corrected chi connectivity index (χ3v) is 3.30. The summed E-state index contributed by atoms with van der Waals surface area (Å²) < 4.78 is 4.59. The number of thiol groups is 1. The minimum Gasteiger partial charge on any atom is -0.469 e. The van der Waals surface area contributed by atoms with E-state index in [4.69, 9.17) is 5.26 Å². The van der Waals surface area contributed by atoms with E-state index in [0.717, 1.165) is 11.1 Å². The monoisotopic (exact) mass is 299 g/mol. The van der Waals surface area contributed by atoms with E-state index in [-0.39, 0.29) is 12.4 Å². The Labute approximate surface area is 108 Å². The Morgan fingerprint density at radius 1 is 1.62 bits per heavy atom. The van der Waals surface area contributed by atoms with E-state index in [1.54, 1.807) is 12.1 Å². The summed E-state index contributed by atoms with van der Waals surface area (Å²) in [5, 5.41) is 9.43. The van der Waals surface area contributed by atoms with Gasteiger partial charge in [0.05, 0.1) is 25.2 Å². The van der Waals surface area contributed by atoms with Crippen LogP contribution in [-0.2, 0) is 21.3 Å². The number of hydrogen-bond acceptors (Lipinski definition) is 4. The predicted molar refractivity (Wildman–Crippen MR) is 66.8 cm³/mol. The molecule has 0 fully saturated rings. The fraction of sp³-hybridized carbons (Fsp3) is 0.273. The number of benzene rings is 1. The van der Waals surface area contributed by atoms with Gasteiger partial charge >= 0.3 is 5.97 Å². The van der Waals surface area contributed by atoms with Gasteiger partial charge in [-0.3, -0.25) is 4.79 Å². The van der Waals surface area contributed by atoms with Gasteiger partial charge in [0.15, 0.2) is 0 Å². The fourth-order valence-electron chi connectivity index (χ4n) is 1.30. The number of nitriles is 1. The minimum absolute atomic E-state index is 0.168. The molecule has 0 radical (unpaired) electrons. The maximum absolute atomic E-state index is 11.2. The van der Waals surface area contributed by atoms with Crippen LogP contribution in [0.1, 0.15) is 16.7 Å². The third-order valence-electron chi connectivity index (χ3n) is 2.18. The molecule has 1 aromatic rings. The maximum Gasteiger partial charge on any atom is 0.310 e. The van der Waals surface area contributed by atoms with Crippen LogP contribution in [0.15, 0.2) is 17.0 Å². The van der Waals surface area contributed by atoms with Gasteiger partial charge in [0.25, 0.3) is 0 Å². The lowest BCUT2D eigenvalue weighted by Crippen LogP contribution is -2.06. The molecule has 0 spiro atoms. The van der Waals surface area contributed by atoms with Crippen molar-refractivity contribution in [3.63, 3.8) is 0 Å². The maximum atomic E-state index is 11.2. The van der Waals surface area contributed by atoms with Crippen LogP contribution < -0.4 is 0 Å². The summed E-state index contributed by atoms with van der Waals surface area (Å²) >= 11 is 7.64. The summed E-state index contributed by atoms with van der Waals surface area (Å²) in [5.41, 5.74) is 2.13. The second kappa shape index (κ2) is 5.92. The number of carbonyl (C=O) groups excluding carboxylic acids is 1. The molecule has 84 valence electrons. The summed E-state index contributed by atoms with van der Waals surface area (Å²) in [6.45, 7) is 0. The topological polar surface area (TPSA) is 50.1 Å². The van der Waals surface area contributed by atoms with Crippen LogP contribution in [0.3, 0.4) is 0 Å². The van der Waals surface area contributed by atoms with Crippen molar-refractivity contribution in [1.29, 1.82) is 5.26 Å². The van der Waals surface area contributed by atoms with Crippen molar-refractivity contribution < 1.29 is 9.53 Å². The molecule has 0 amide bonds. The molecule has 0 aliphatic carbocycles. The van der Waals surface area contributed by atoms with E-state index < -0.39 is 0 Å². The molecule has 1 rings (SSSR count). The van der Waals surface area contributed by atoms with E-state index >= 15 is 0 Å². The highest BCUT2D eigenvalue weighted by molar-refractivity contribution is 9.08. The van der Waals surface area contributed by atoms with Crippen LogP contribution in [0.5, 0.6) is 0 Å². The number of rotatable bonds is 3. The van der Waals surface area contributed by atoms with Crippen molar-refractivity contribution >= 4 is 34.5 Å². The Morgan fingerprint density at radius 2 is 2.31 bits per heavy atom. The number of halogens is 1. The van der Waals surface area contributed by atoms with Gasteiger partial charge < -0.3 is 4.74 Å². The highest BCUT2D eigenvalue weighted by Gasteiger charge is 2.12. The average Bonchev–Trinajstić information content (AvgIpc) is 2.31. The van der Waals surface area contributed by atoms with Crippen LogP contribution in [-0.4, -0.2) is 13.1 Å². The van der Waals surface area contributed by atoms with E-state index in [1.807, 2.05) is 0 Å². The molecule has 0 heterocycles. The molecular formula is C11H10BrNO2S. The molecule has 3 nitrogen and oxygen atoms in total. The van der Waals surface area contributed by atoms with Crippen LogP contribution in [0, 0.1) is 11.3 Å². The number of ether oxygens (including phenoxy) is 1. The van der Waals surface area contributed by atoms with Crippen molar-refractivity contribution in [2.45, 2.75) is 16.6 Å². The van der Waals surface area contributed by atoms with E-state index in [2.05, 4.69) is 39.4 Å². The van der Waals surface area contributed by atoms with Crippen molar-refractivity contribution in [2.75, 3.05) is 7.11 Å². The standard InChI is InChI=1S/C11H10BrNO2S/c1-15-10(14)4-7-2-3-8(6-13)9(5-12)11(7)16/h2-3,16H,4-5H2,1H3. The highest BCUT2D eigenvalue weighted by atomic mass is 79.9. The highest BCUT2D eigenvalue weighted by Crippen LogP contribution is 2.25. The van der Waals surface area contributed by atoms with Gasteiger partial charge in [0.1, 0.15) is 0 Å². The van der Waals surface area contributed by atoms with Gasteiger partial charge in [-0.05, 0) is 17.2 Å². The predicted octanol–water partition coefficient (Wildman–Crippen LogP) is 2.46. The first-order chi connectivity index (χ1) is 7.63. The summed E-state index contributed by atoms with van der Waals surface area (Å²) in [5.74, 6) is -0.319. The Kier molecular flexibility index (Phi) is 4.84. The van der Waals surface area contributed by atoms with Gasteiger partial charge in [-0.25, -0.2) is 0 Å². The third kappa shape index (κ3) is 2.77. The summed E-state index contributed by atoms with van der Waals surface area (Å²) in [6.07, 6.45) is 0.168. The zero-order chi connectivity index (χ0) is 12.1. The second-order valence-corrected chi connectivity index (χ2v) is 4.11. The Morgan fingerprint density at radius 3 is 2.81 bits per heavy atom. The van der Waals surface area contributed by atoms with E-state index in [1.165, 1.54) is 7.11 Å². The zero-order valence-corrected chi connectivity index (χ0v) is 11.1. The summed E-state index contributed by atoms with van der Waals surface area (Å²) in [7, 11) is 1.34. The second-order valence-electron chi connectivity index (χ2n) is 3.10. The van der Waals surface area contributed by atoms with Gasteiger partial charge in [-0.1, -0.05) is 22.0 Å². The largest absolute Gasteiger partial charge is 0.469 e. The lowest BCUT2D eigenvalue weighted by molar-refractivity contribution is -0.139. The molecule has 0 saturated heterocycles. The van der Waals surface area contributed by atoms with Crippen molar-refractivity contribution in [3.05, 3.63) is 28.8 Å². The Balaban J connectivity index is 3.15. The molecule has 0 atom stereocenters. The summed E-state index contributed by atoms with van der Waals surface area (Å²) in [4.78, 5) is 11.8. The van der Waals surface area contributed by atoms with Crippen LogP contribution in [0.25, 0.3) is 0 Å². The molecule has 0 aliphatic rings. The molecule has 0 saturated carbocycles. The number of nitrogens with zero attached hydrogens (tertiary/aromatic N) is 1. The SMILES string of the molecule is COC(=O)Cc1ccc(C#N)c(CBr)c1S. The molecule has 0 aliphatic heterocycles. The first-order valence-electron chi connectivity index (χ1n) is 4.50. The lowest BCUT2D eigenvalue weighted by atomic mass is 10.0. The average molecular weight is 300 g/mol. The number of esters is 1. The summed E-state index contributed by atoms with van der Waals surface area (Å²) in [6, 6.07) is 5.50. The minimum atomic E-state index is -0.319. The zero-order valence-electron chi connectivity index (χ0n) is 8.66. The molecular weight excluding hydrogens is 290 g/mol. The lowest BCUT2D eigenvalue weighted by Gasteiger charge is -2.09. The number of alkyl halides is 1. The molecule has 1 aromatic carbocycles. The first-order valence-corrected chi connectivity index (χ1v) is 6.07. The van der Waals surface area contributed by atoms with E-state index in [0.29, 0.717) is 15.8 Å². The smallest absolute Gasteiger partial charge is 0.310 e. The molecule has 0 bridgehead atoms. The van der Waals surface area contributed by atoms with Crippen molar-refractivity contribution in [1.82, 2.24) is 0 Å². The van der Waals surface area contributed by atoms with Crippen LogP contribution >= 0.6 is 28.6 Å². The van der Waals surface area contributed by atoms with Gasteiger partial charge in [-0.2, -0.15) is 5.26 Å². The normalized spacial score (nSPS) is 9.62. The molecule has 0 N–H and O–H groups in total. The van der Waals surface area contributed by atoms with Gasteiger partial charge in [0.2, 0.25) is 0 Å². The quantitative estimate of drug-likeness (QED) is 0.530. The van der Waals surface area contributed by atoms with Crippen LogP contribution in [0.2, 0.25) is 0 Å². The van der Waals surface area contributed by atoms with Gasteiger partial charge in [-0.15, -0.1) is 12.6 Å². The number of carbonyl (C=O) groups is 1. The molecule has 5 heteroatoms.